The van der Waals surface area contributed by atoms with Crippen molar-refractivity contribution >= 4 is 35.2 Å². The summed E-state index contributed by atoms with van der Waals surface area (Å²) in [4.78, 5) is 27.1. The van der Waals surface area contributed by atoms with Crippen LogP contribution in [0.25, 0.3) is 0 Å². The minimum atomic E-state index is -0.702. The molecule has 0 heterocycles. The van der Waals surface area contributed by atoms with E-state index < -0.39 is 17.6 Å². The molecule has 0 aromatic carbocycles. The second kappa shape index (κ2) is 6.39. The van der Waals surface area contributed by atoms with Crippen molar-refractivity contribution < 1.29 is 17.7 Å². The first-order chi connectivity index (χ1) is 6.82. The highest BCUT2D eigenvalue weighted by Gasteiger charge is 2.27. The third-order valence-corrected chi connectivity index (χ3v) is 2.03. The Hall–Kier alpha value is -0.210. The maximum Gasteiger partial charge on any atom is 0.226 e. The number of rotatable bonds is 5. The topological polar surface area (TPSA) is 64.6 Å². The van der Waals surface area contributed by atoms with Crippen LogP contribution in [0.4, 0.5) is 0 Å². The third-order valence-electron chi connectivity index (χ3n) is 1.82. The van der Waals surface area contributed by atoms with Crippen LogP contribution in [-0.2, 0) is 17.7 Å². The molecule has 0 fully saturated rings. The van der Waals surface area contributed by atoms with Gasteiger partial charge in [-0.25, -0.2) is 4.89 Å². The van der Waals surface area contributed by atoms with Gasteiger partial charge in [0.25, 0.3) is 0 Å². The van der Waals surface area contributed by atoms with Crippen LogP contribution < -0.4 is 5.32 Å². The van der Waals surface area contributed by atoms with Crippen LogP contribution >= 0.6 is 23.0 Å². The predicted molar refractivity (Wildman–Crippen MR) is 63.1 cm³/mol. The van der Waals surface area contributed by atoms with Crippen LogP contribution in [0.3, 0.4) is 0 Å². The van der Waals surface area contributed by atoms with Gasteiger partial charge in [-0.1, -0.05) is 20.8 Å². The molecule has 0 aromatic heterocycles. The summed E-state index contributed by atoms with van der Waals surface area (Å²) in [6, 6.07) is -0.702. The quantitative estimate of drug-likeness (QED) is 0.358. The van der Waals surface area contributed by atoms with Gasteiger partial charge in [0.1, 0.15) is 18.4 Å². The van der Waals surface area contributed by atoms with Crippen molar-refractivity contribution in [3.63, 3.8) is 0 Å². The molecule has 6 heteroatoms. The van der Waals surface area contributed by atoms with E-state index in [9.17, 15) is 9.59 Å². The molecule has 0 bridgehead atoms. The average molecular weight is 329 g/mol. The van der Waals surface area contributed by atoms with Crippen LogP contribution in [0, 0.1) is 5.41 Å². The Morgan fingerprint density at radius 1 is 1.47 bits per heavy atom. The fourth-order valence-corrected chi connectivity index (χ4v) is 1.07. The average Bonchev–Trinajstić information content (AvgIpc) is 2.12. The first kappa shape index (κ1) is 14.8. The van der Waals surface area contributed by atoms with Gasteiger partial charge in [-0.05, 0) is 6.92 Å². The summed E-state index contributed by atoms with van der Waals surface area (Å²) in [5.41, 5.74) is -0.536. The zero-order valence-corrected chi connectivity index (χ0v) is 11.4. The van der Waals surface area contributed by atoms with E-state index in [1.165, 1.54) is 0 Å². The van der Waals surface area contributed by atoms with Crippen molar-refractivity contribution in [1.82, 2.24) is 5.32 Å². The molecule has 0 saturated carbocycles. The van der Waals surface area contributed by atoms with Gasteiger partial charge in [0.05, 0.1) is 0 Å². The molecular weight excluding hydrogens is 313 g/mol. The number of aldehydes is 1. The van der Waals surface area contributed by atoms with Crippen molar-refractivity contribution in [3.05, 3.63) is 0 Å². The molecule has 15 heavy (non-hydrogen) atoms. The van der Waals surface area contributed by atoms with Gasteiger partial charge in [0.2, 0.25) is 5.91 Å². The highest BCUT2D eigenvalue weighted by Crippen LogP contribution is 2.13. The van der Waals surface area contributed by atoms with Crippen LogP contribution in [0.15, 0.2) is 0 Å². The summed E-state index contributed by atoms with van der Waals surface area (Å²) in [6.45, 7) is 6.94. The van der Waals surface area contributed by atoms with Crippen molar-refractivity contribution in [2.24, 2.45) is 5.41 Å². The Morgan fingerprint density at radius 2 is 2.00 bits per heavy atom. The van der Waals surface area contributed by atoms with Crippen LogP contribution in [0.1, 0.15) is 27.7 Å². The van der Waals surface area contributed by atoms with Gasteiger partial charge in [0.15, 0.2) is 23.0 Å². The zero-order chi connectivity index (χ0) is 12.1. The molecule has 0 aliphatic heterocycles. The minimum Gasteiger partial charge on any atom is -0.343 e. The van der Waals surface area contributed by atoms with Gasteiger partial charge in [0, 0.05) is 5.41 Å². The molecule has 88 valence electrons. The highest BCUT2D eigenvalue weighted by atomic mass is 127. The number of hydrogen-bond acceptors (Lipinski definition) is 4. The lowest BCUT2D eigenvalue weighted by Crippen LogP contribution is -2.48. The number of carbonyl (C=O) groups is 2. The number of nitrogens with one attached hydrogen (secondary N) is 1. The molecule has 0 radical (unpaired) electrons. The van der Waals surface area contributed by atoms with E-state index in [4.69, 9.17) is 4.89 Å². The van der Waals surface area contributed by atoms with Crippen molar-refractivity contribution in [3.8, 4) is 0 Å². The molecule has 0 spiro atoms. The van der Waals surface area contributed by atoms with E-state index in [0.29, 0.717) is 6.29 Å². The van der Waals surface area contributed by atoms with E-state index in [0.717, 1.165) is 0 Å². The molecule has 2 atom stereocenters. The first-order valence-electron chi connectivity index (χ1n) is 4.53. The van der Waals surface area contributed by atoms with Crippen molar-refractivity contribution in [1.29, 1.82) is 0 Å². The fourth-order valence-electron chi connectivity index (χ4n) is 0.747. The highest BCUT2D eigenvalue weighted by molar-refractivity contribution is 14.1. The fraction of sp³-hybridized carbons (Fsp3) is 0.778. The van der Waals surface area contributed by atoms with E-state index in [-0.39, 0.29) is 5.91 Å². The second-order valence-electron chi connectivity index (χ2n) is 4.25. The molecule has 1 amide bonds. The minimum absolute atomic E-state index is 0.205. The Kier molecular flexibility index (Phi) is 6.30. The van der Waals surface area contributed by atoms with Gasteiger partial charge in [-0.15, -0.1) is 0 Å². The zero-order valence-electron chi connectivity index (χ0n) is 9.24. The second-order valence-corrected chi connectivity index (χ2v) is 4.61. The van der Waals surface area contributed by atoms with E-state index >= 15 is 0 Å². The molecule has 0 aromatic rings. The summed E-state index contributed by atoms with van der Waals surface area (Å²) in [5, 5.41) is 2.58. The molecule has 0 aliphatic carbocycles. The SMILES string of the molecule is CC(OOI)C(C=O)NC(=O)C(C)(C)C. The summed E-state index contributed by atoms with van der Waals surface area (Å²) >= 11 is 1.55. The molecule has 2 unspecified atom stereocenters. The molecule has 0 aliphatic rings. The third kappa shape index (κ3) is 5.43. The normalized spacial score (nSPS) is 15.5. The van der Waals surface area contributed by atoms with Crippen LogP contribution in [-0.4, -0.2) is 24.3 Å². The summed E-state index contributed by atoms with van der Waals surface area (Å²) in [6.07, 6.45) is 0.106. The van der Waals surface area contributed by atoms with Crippen LogP contribution in [0.5, 0.6) is 0 Å². The number of carbonyl (C=O) groups excluding carboxylic acids is 2. The number of amides is 1. The van der Waals surface area contributed by atoms with E-state index in [2.05, 4.69) is 8.53 Å². The monoisotopic (exact) mass is 329 g/mol. The lowest BCUT2D eigenvalue weighted by Gasteiger charge is -2.23. The Labute approximate surface area is 104 Å². The van der Waals surface area contributed by atoms with Crippen molar-refractivity contribution in [2.75, 3.05) is 0 Å². The van der Waals surface area contributed by atoms with Gasteiger partial charge in [-0.3, -0.25) is 4.79 Å². The van der Waals surface area contributed by atoms with Crippen molar-refractivity contribution in [2.45, 2.75) is 39.8 Å². The molecule has 1 N–H and O–H groups in total. The van der Waals surface area contributed by atoms with Gasteiger partial charge < -0.3 is 10.1 Å². The number of hydrogen-bond donors (Lipinski definition) is 1. The molecule has 5 nitrogen and oxygen atoms in total. The lowest BCUT2D eigenvalue weighted by atomic mass is 9.95. The Balaban J connectivity index is 4.34. The summed E-state index contributed by atoms with van der Waals surface area (Å²) in [7, 11) is 0. The summed E-state index contributed by atoms with van der Waals surface area (Å²) < 4.78 is 4.41. The Bertz CT molecular complexity index is 227. The smallest absolute Gasteiger partial charge is 0.226 e. The standard InChI is InChI=1S/C9H16INO4/c1-6(14-15-10)7(5-12)11-8(13)9(2,3)4/h5-7H,1-4H3,(H,11,13). The van der Waals surface area contributed by atoms with E-state index in [1.54, 1.807) is 50.7 Å². The first-order valence-corrected chi connectivity index (χ1v) is 5.41. The lowest BCUT2D eigenvalue weighted by molar-refractivity contribution is -0.210. The molecule has 0 saturated heterocycles. The van der Waals surface area contributed by atoms with Crippen LogP contribution in [0.2, 0.25) is 0 Å². The largest absolute Gasteiger partial charge is 0.343 e. The Morgan fingerprint density at radius 3 is 2.33 bits per heavy atom. The van der Waals surface area contributed by atoms with Gasteiger partial charge in [-0.2, -0.15) is 3.22 Å². The van der Waals surface area contributed by atoms with E-state index in [1.807, 2.05) is 0 Å². The molecule has 0 rings (SSSR count). The maximum absolute atomic E-state index is 11.6. The number of halogens is 1. The maximum atomic E-state index is 11.6. The summed E-state index contributed by atoms with van der Waals surface area (Å²) in [5.74, 6) is -0.205. The van der Waals surface area contributed by atoms with Gasteiger partial charge >= 0.3 is 0 Å². The molecular formula is C9H16INO4. The predicted octanol–water partition coefficient (Wildman–Crippen LogP) is 1.40.